The number of carbonyl (C=O) groups excluding carboxylic acids is 1. The summed E-state index contributed by atoms with van der Waals surface area (Å²) in [7, 11) is 0. The van der Waals surface area contributed by atoms with Crippen LogP contribution in [0.15, 0.2) is 35.9 Å². The van der Waals surface area contributed by atoms with Gasteiger partial charge in [0.25, 0.3) is 0 Å². The Kier molecular flexibility index (Phi) is 4.79. The van der Waals surface area contributed by atoms with Crippen molar-refractivity contribution in [1.82, 2.24) is 5.43 Å². The van der Waals surface area contributed by atoms with E-state index in [1.54, 1.807) is 19.2 Å². The molecule has 4 nitrogen and oxygen atoms in total. The van der Waals surface area contributed by atoms with E-state index in [2.05, 4.69) is 21.8 Å². The first kappa shape index (κ1) is 12.0. The van der Waals surface area contributed by atoms with Crippen LogP contribution in [0.1, 0.15) is 18.1 Å². The first-order valence-corrected chi connectivity index (χ1v) is 4.94. The minimum Gasteiger partial charge on any atom is -0.449 e. The molecule has 0 atom stereocenters. The highest BCUT2D eigenvalue weighted by atomic mass is 16.5. The van der Waals surface area contributed by atoms with Crippen LogP contribution in [0.5, 0.6) is 0 Å². The van der Waals surface area contributed by atoms with Crippen molar-refractivity contribution in [3.8, 4) is 0 Å². The van der Waals surface area contributed by atoms with Crippen molar-refractivity contribution in [2.45, 2.75) is 6.92 Å². The van der Waals surface area contributed by atoms with Crippen LogP contribution in [-0.2, 0) is 4.74 Å². The molecule has 0 fully saturated rings. The Morgan fingerprint density at radius 2 is 2.06 bits per heavy atom. The van der Waals surface area contributed by atoms with Crippen molar-refractivity contribution in [1.29, 1.82) is 0 Å². The van der Waals surface area contributed by atoms with Gasteiger partial charge in [-0.3, -0.25) is 0 Å². The van der Waals surface area contributed by atoms with Crippen LogP contribution in [-0.4, -0.2) is 18.9 Å². The predicted molar refractivity (Wildman–Crippen MR) is 64.3 cm³/mol. The van der Waals surface area contributed by atoms with Gasteiger partial charge in [-0.1, -0.05) is 36.9 Å². The van der Waals surface area contributed by atoms with E-state index in [1.165, 1.54) is 0 Å². The van der Waals surface area contributed by atoms with Gasteiger partial charge >= 0.3 is 6.09 Å². The van der Waals surface area contributed by atoms with E-state index in [-0.39, 0.29) is 0 Å². The third-order valence-electron chi connectivity index (χ3n) is 1.82. The standard InChI is InChI=1S/C12H14N2O2/c1-3-10-5-7-11(8-6-10)9-13-14-12(15)16-4-2/h3,5-9H,1,4H2,2H3,(H,14,15)/b13-9+. The molecule has 1 amide bonds. The molecule has 1 aromatic rings. The highest BCUT2D eigenvalue weighted by Crippen LogP contribution is 2.02. The lowest BCUT2D eigenvalue weighted by molar-refractivity contribution is 0.152. The Hall–Kier alpha value is -2.10. The zero-order valence-corrected chi connectivity index (χ0v) is 9.14. The number of nitrogens with zero attached hydrogens (tertiary/aromatic N) is 1. The minimum atomic E-state index is -0.554. The number of amides is 1. The van der Waals surface area contributed by atoms with E-state index in [4.69, 9.17) is 0 Å². The quantitative estimate of drug-likeness (QED) is 0.623. The Labute approximate surface area is 94.6 Å². The minimum absolute atomic E-state index is 0.329. The number of hydrogen-bond acceptors (Lipinski definition) is 3. The van der Waals surface area contributed by atoms with Gasteiger partial charge < -0.3 is 4.74 Å². The zero-order valence-electron chi connectivity index (χ0n) is 9.14. The molecule has 1 aromatic carbocycles. The molecule has 16 heavy (non-hydrogen) atoms. The number of rotatable bonds is 4. The third-order valence-corrected chi connectivity index (χ3v) is 1.82. The van der Waals surface area contributed by atoms with Gasteiger partial charge in [-0.05, 0) is 18.1 Å². The van der Waals surface area contributed by atoms with Crippen LogP contribution in [0.3, 0.4) is 0 Å². The first-order valence-electron chi connectivity index (χ1n) is 4.94. The molecule has 0 spiro atoms. The molecule has 0 aromatic heterocycles. The fourth-order valence-corrected chi connectivity index (χ4v) is 1.04. The van der Waals surface area contributed by atoms with Gasteiger partial charge in [0.1, 0.15) is 0 Å². The maximum Gasteiger partial charge on any atom is 0.427 e. The summed E-state index contributed by atoms with van der Waals surface area (Å²) < 4.78 is 4.64. The second-order valence-corrected chi connectivity index (χ2v) is 2.96. The van der Waals surface area contributed by atoms with Crippen molar-refractivity contribution >= 4 is 18.4 Å². The van der Waals surface area contributed by atoms with Crippen LogP contribution >= 0.6 is 0 Å². The van der Waals surface area contributed by atoms with E-state index < -0.39 is 6.09 Å². The number of ether oxygens (including phenoxy) is 1. The molecule has 0 bridgehead atoms. The van der Waals surface area contributed by atoms with Gasteiger partial charge in [0.2, 0.25) is 0 Å². The van der Waals surface area contributed by atoms with Gasteiger partial charge in [0.15, 0.2) is 0 Å². The predicted octanol–water partition coefficient (Wildman–Crippen LogP) is 2.41. The van der Waals surface area contributed by atoms with Crippen LogP contribution in [0.4, 0.5) is 4.79 Å². The fourth-order valence-electron chi connectivity index (χ4n) is 1.04. The van der Waals surface area contributed by atoms with Crippen LogP contribution in [0, 0.1) is 0 Å². The van der Waals surface area contributed by atoms with E-state index in [0.717, 1.165) is 11.1 Å². The van der Waals surface area contributed by atoms with Gasteiger partial charge in [0, 0.05) is 0 Å². The number of hydrogen-bond donors (Lipinski definition) is 1. The molecule has 0 saturated carbocycles. The lowest BCUT2D eigenvalue weighted by Crippen LogP contribution is -2.18. The average molecular weight is 218 g/mol. The van der Waals surface area contributed by atoms with E-state index in [1.807, 2.05) is 24.3 Å². The maximum absolute atomic E-state index is 10.9. The van der Waals surface area contributed by atoms with E-state index in [9.17, 15) is 4.79 Å². The fraction of sp³-hybridized carbons (Fsp3) is 0.167. The molecule has 0 heterocycles. The first-order chi connectivity index (χ1) is 7.76. The van der Waals surface area contributed by atoms with Crippen molar-refractivity contribution in [2.75, 3.05) is 6.61 Å². The smallest absolute Gasteiger partial charge is 0.427 e. The number of nitrogens with one attached hydrogen (secondary N) is 1. The molecule has 0 aliphatic heterocycles. The van der Waals surface area contributed by atoms with Crippen molar-refractivity contribution in [2.24, 2.45) is 5.10 Å². The van der Waals surface area contributed by atoms with Gasteiger partial charge in [-0.15, -0.1) is 0 Å². The summed E-state index contributed by atoms with van der Waals surface area (Å²) in [5.74, 6) is 0. The SMILES string of the molecule is C=Cc1ccc(/C=N/NC(=O)OCC)cc1. The van der Waals surface area contributed by atoms with Gasteiger partial charge in [-0.25, -0.2) is 10.2 Å². The molecule has 84 valence electrons. The molecule has 1 N–H and O–H groups in total. The third kappa shape index (κ3) is 3.96. The summed E-state index contributed by atoms with van der Waals surface area (Å²) >= 11 is 0. The molecular formula is C12H14N2O2. The summed E-state index contributed by atoms with van der Waals surface area (Å²) in [6.07, 6.45) is 2.75. The van der Waals surface area contributed by atoms with Crippen LogP contribution < -0.4 is 5.43 Å². The summed E-state index contributed by atoms with van der Waals surface area (Å²) in [6.45, 7) is 5.72. The second-order valence-electron chi connectivity index (χ2n) is 2.96. The number of carbonyl (C=O) groups is 1. The summed E-state index contributed by atoms with van der Waals surface area (Å²) in [4.78, 5) is 10.9. The Morgan fingerprint density at radius 3 is 2.62 bits per heavy atom. The molecule has 0 unspecified atom stereocenters. The van der Waals surface area contributed by atoms with Crippen molar-refractivity contribution in [3.05, 3.63) is 42.0 Å². The van der Waals surface area contributed by atoms with E-state index in [0.29, 0.717) is 6.61 Å². The Morgan fingerprint density at radius 1 is 1.44 bits per heavy atom. The highest BCUT2D eigenvalue weighted by molar-refractivity contribution is 5.81. The van der Waals surface area contributed by atoms with Crippen LogP contribution in [0.2, 0.25) is 0 Å². The summed E-state index contributed by atoms with van der Waals surface area (Å²) in [5, 5.41) is 3.74. The van der Waals surface area contributed by atoms with Crippen LogP contribution in [0.25, 0.3) is 6.08 Å². The van der Waals surface area contributed by atoms with E-state index >= 15 is 0 Å². The molecule has 0 radical (unpaired) electrons. The molecular weight excluding hydrogens is 204 g/mol. The Bertz CT molecular complexity index is 383. The maximum atomic E-state index is 10.9. The lowest BCUT2D eigenvalue weighted by atomic mass is 10.1. The van der Waals surface area contributed by atoms with Crippen molar-refractivity contribution in [3.63, 3.8) is 0 Å². The number of hydrazone groups is 1. The topological polar surface area (TPSA) is 50.7 Å². The van der Waals surface area contributed by atoms with Gasteiger partial charge in [0.05, 0.1) is 12.8 Å². The monoisotopic (exact) mass is 218 g/mol. The molecule has 0 aliphatic rings. The molecule has 1 rings (SSSR count). The highest BCUT2D eigenvalue weighted by Gasteiger charge is 1.95. The normalized spacial score (nSPS) is 10.1. The summed E-state index contributed by atoms with van der Waals surface area (Å²) in [5.41, 5.74) is 4.18. The van der Waals surface area contributed by atoms with Crippen molar-refractivity contribution < 1.29 is 9.53 Å². The zero-order chi connectivity index (χ0) is 11.8. The average Bonchev–Trinajstić information content (AvgIpc) is 2.30. The number of benzene rings is 1. The van der Waals surface area contributed by atoms with Gasteiger partial charge in [-0.2, -0.15) is 5.10 Å². The Balaban J connectivity index is 2.49. The molecule has 0 saturated heterocycles. The molecule has 4 heteroatoms. The second kappa shape index (κ2) is 6.40. The lowest BCUT2D eigenvalue weighted by Gasteiger charge is -1.98. The largest absolute Gasteiger partial charge is 0.449 e. The summed E-state index contributed by atoms with van der Waals surface area (Å²) in [6, 6.07) is 7.60. The molecule has 0 aliphatic carbocycles.